The predicted molar refractivity (Wildman–Crippen MR) is 116 cm³/mol. The van der Waals surface area contributed by atoms with Crippen molar-refractivity contribution in [1.29, 1.82) is 0 Å². The lowest BCUT2D eigenvalue weighted by Gasteiger charge is -2.06. The summed E-state index contributed by atoms with van der Waals surface area (Å²) in [4.78, 5) is 29.5. The van der Waals surface area contributed by atoms with Crippen LogP contribution in [-0.2, 0) is 16.1 Å². The van der Waals surface area contributed by atoms with Gasteiger partial charge < -0.3 is 18.8 Å². The van der Waals surface area contributed by atoms with Crippen LogP contribution in [0, 0.1) is 3.57 Å². The maximum absolute atomic E-state index is 12.8. The Kier molecular flexibility index (Phi) is 5.86. The first kappa shape index (κ1) is 19.9. The summed E-state index contributed by atoms with van der Waals surface area (Å²) >= 11 is 3.49. The fraction of sp³-hybridized carbons (Fsp3) is 0.250. The van der Waals surface area contributed by atoms with Crippen molar-refractivity contribution in [2.45, 2.75) is 19.9 Å². The van der Waals surface area contributed by atoms with E-state index in [0.717, 1.165) is 13.8 Å². The number of aryl methyl sites for hydroxylation is 1. The lowest BCUT2D eigenvalue weighted by molar-refractivity contribution is -0.143. The molecule has 2 aromatic carbocycles. The number of fused-ring (bicyclic) bond motifs is 2. The average Bonchev–Trinajstić information content (AvgIpc) is 3.28. The van der Waals surface area contributed by atoms with Crippen molar-refractivity contribution < 1.29 is 23.8 Å². The molecule has 9 heteroatoms. The van der Waals surface area contributed by atoms with Gasteiger partial charge in [-0.05, 0) is 41.6 Å². The Labute approximate surface area is 184 Å². The topological polar surface area (TPSA) is 79.1 Å². The highest BCUT2D eigenvalue weighted by Crippen LogP contribution is 2.37. The third kappa shape index (κ3) is 4.15. The smallest absolute Gasteiger partial charge is 0.307 e. The number of amides is 1. The van der Waals surface area contributed by atoms with Crippen LogP contribution in [0.5, 0.6) is 11.5 Å². The van der Waals surface area contributed by atoms with Crippen molar-refractivity contribution in [3.05, 3.63) is 50.3 Å². The van der Waals surface area contributed by atoms with E-state index in [1.54, 1.807) is 13.0 Å². The van der Waals surface area contributed by atoms with Crippen LogP contribution >= 0.6 is 33.9 Å². The lowest BCUT2D eigenvalue weighted by atomic mass is 10.2. The van der Waals surface area contributed by atoms with Gasteiger partial charge in [-0.25, -0.2) is 0 Å². The molecule has 0 saturated heterocycles. The number of thiazole rings is 1. The molecule has 0 radical (unpaired) electrons. The summed E-state index contributed by atoms with van der Waals surface area (Å²) in [5, 5.41) is 0. The van der Waals surface area contributed by atoms with Gasteiger partial charge in [0.25, 0.3) is 5.91 Å². The molecule has 0 atom stereocenters. The molecule has 0 bridgehead atoms. The first-order valence-electron chi connectivity index (χ1n) is 8.99. The first-order valence-corrected chi connectivity index (χ1v) is 10.9. The predicted octanol–water partition coefficient (Wildman–Crippen LogP) is 3.73. The molecule has 0 saturated carbocycles. The van der Waals surface area contributed by atoms with E-state index in [0.29, 0.717) is 35.0 Å². The van der Waals surface area contributed by atoms with Crippen molar-refractivity contribution in [3.63, 3.8) is 0 Å². The van der Waals surface area contributed by atoms with Gasteiger partial charge in [0.1, 0.15) is 0 Å². The van der Waals surface area contributed by atoms with E-state index < -0.39 is 0 Å². The number of carbonyl (C=O) groups excluding carboxylic acids is 2. The molecule has 0 unspecified atom stereocenters. The maximum Gasteiger partial charge on any atom is 0.307 e. The fourth-order valence-electron chi connectivity index (χ4n) is 2.98. The first-order chi connectivity index (χ1) is 14.1. The van der Waals surface area contributed by atoms with E-state index >= 15 is 0 Å². The van der Waals surface area contributed by atoms with Crippen molar-refractivity contribution in [2.24, 2.45) is 4.99 Å². The number of carbonyl (C=O) groups is 2. The molecule has 29 heavy (non-hydrogen) atoms. The molecule has 0 spiro atoms. The van der Waals surface area contributed by atoms with E-state index in [1.165, 1.54) is 11.3 Å². The van der Waals surface area contributed by atoms with E-state index in [2.05, 4.69) is 27.6 Å². The zero-order valence-corrected chi connectivity index (χ0v) is 18.5. The van der Waals surface area contributed by atoms with Gasteiger partial charge in [-0.3, -0.25) is 9.59 Å². The van der Waals surface area contributed by atoms with Crippen LogP contribution in [0.4, 0.5) is 0 Å². The van der Waals surface area contributed by atoms with Gasteiger partial charge in [0, 0.05) is 22.2 Å². The molecule has 2 heterocycles. The van der Waals surface area contributed by atoms with Crippen LogP contribution < -0.4 is 14.3 Å². The van der Waals surface area contributed by atoms with Gasteiger partial charge >= 0.3 is 5.97 Å². The van der Waals surface area contributed by atoms with E-state index in [9.17, 15) is 9.59 Å². The van der Waals surface area contributed by atoms with Crippen molar-refractivity contribution in [2.75, 3.05) is 13.4 Å². The zero-order chi connectivity index (χ0) is 20.4. The Hall–Kier alpha value is -2.40. The second-order valence-corrected chi connectivity index (χ2v) is 8.33. The van der Waals surface area contributed by atoms with Gasteiger partial charge in [0.2, 0.25) is 6.79 Å². The quantitative estimate of drug-likeness (QED) is 0.376. The minimum absolute atomic E-state index is 0.178. The number of ether oxygens (including phenoxy) is 3. The highest BCUT2D eigenvalue weighted by Gasteiger charge is 2.19. The molecule has 1 aliphatic rings. The highest BCUT2D eigenvalue weighted by atomic mass is 127. The number of nitrogens with zero attached hydrogens (tertiary/aromatic N) is 2. The molecule has 1 amide bonds. The number of hydrogen-bond donors (Lipinski definition) is 0. The van der Waals surface area contributed by atoms with Crippen LogP contribution in [-0.4, -0.2) is 29.8 Å². The van der Waals surface area contributed by atoms with Crippen LogP contribution in [0.1, 0.15) is 23.7 Å². The van der Waals surface area contributed by atoms with Gasteiger partial charge in [0.05, 0.1) is 28.8 Å². The third-order valence-corrected chi connectivity index (χ3v) is 6.31. The third-order valence-electron chi connectivity index (χ3n) is 4.32. The van der Waals surface area contributed by atoms with Crippen LogP contribution in [0.2, 0.25) is 0 Å². The van der Waals surface area contributed by atoms with Crippen LogP contribution in [0.15, 0.2) is 41.4 Å². The minimum atomic E-state index is -0.327. The van der Waals surface area contributed by atoms with Crippen LogP contribution in [0.3, 0.4) is 0 Å². The largest absolute Gasteiger partial charge is 0.466 e. The van der Waals surface area contributed by atoms with Crippen molar-refractivity contribution >= 4 is 56.0 Å². The number of aromatic nitrogens is 1. The number of esters is 1. The zero-order valence-electron chi connectivity index (χ0n) is 15.5. The molecule has 150 valence electrons. The van der Waals surface area contributed by atoms with Gasteiger partial charge in [-0.2, -0.15) is 4.99 Å². The maximum atomic E-state index is 12.8. The van der Waals surface area contributed by atoms with E-state index in [1.807, 2.05) is 34.9 Å². The second-order valence-electron chi connectivity index (χ2n) is 6.16. The highest BCUT2D eigenvalue weighted by molar-refractivity contribution is 14.1. The number of hydrogen-bond acceptors (Lipinski definition) is 6. The minimum Gasteiger partial charge on any atom is -0.466 e. The van der Waals surface area contributed by atoms with Crippen LogP contribution in [0.25, 0.3) is 10.2 Å². The molecule has 0 aliphatic carbocycles. The van der Waals surface area contributed by atoms with E-state index in [-0.39, 0.29) is 25.1 Å². The SMILES string of the molecule is CCOC(=O)CCn1c(=NC(=O)c2ccccc2I)sc2cc3c(cc21)OCO3. The Morgan fingerprint density at radius 1 is 1.24 bits per heavy atom. The summed E-state index contributed by atoms with van der Waals surface area (Å²) in [7, 11) is 0. The Morgan fingerprint density at radius 3 is 2.76 bits per heavy atom. The Bertz CT molecular complexity index is 1170. The van der Waals surface area contributed by atoms with Crippen molar-refractivity contribution in [1.82, 2.24) is 4.57 Å². The summed E-state index contributed by atoms with van der Waals surface area (Å²) in [6.45, 7) is 2.62. The average molecular weight is 524 g/mol. The molecule has 7 nitrogen and oxygen atoms in total. The number of benzene rings is 2. The van der Waals surface area contributed by atoms with Gasteiger partial charge in [0.15, 0.2) is 16.3 Å². The molecular formula is C20H17IN2O5S. The molecule has 4 rings (SSSR count). The number of rotatable bonds is 5. The fourth-order valence-corrected chi connectivity index (χ4v) is 4.66. The molecule has 3 aromatic rings. The molecule has 0 fully saturated rings. The van der Waals surface area contributed by atoms with E-state index in [4.69, 9.17) is 14.2 Å². The summed E-state index contributed by atoms with van der Waals surface area (Å²) in [6, 6.07) is 11.0. The second kappa shape index (κ2) is 8.54. The molecule has 1 aromatic heterocycles. The normalized spacial score (nSPS) is 13.1. The summed E-state index contributed by atoms with van der Waals surface area (Å²) < 4.78 is 19.6. The monoisotopic (exact) mass is 524 g/mol. The molecule has 0 N–H and O–H groups in total. The van der Waals surface area contributed by atoms with Gasteiger partial charge in [-0.1, -0.05) is 23.5 Å². The Balaban J connectivity index is 1.79. The lowest BCUT2D eigenvalue weighted by Crippen LogP contribution is -2.19. The van der Waals surface area contributed by atoms with Gasteiger partial charge in [-0.15, -0.1) is 0 Å². The Morgan fingerprint density at radius 2 is 2.00 bits per heavy atom. The number of halogens is 1. The summed E-state index contributed by atoms with van der Waals surface area (Å²) in [6.07, 6.45) is 0.179. The van der Waals surface area contributed by atoms with Crippen molar-refractivity contribution in [3.8, 4) is 11.5 Å². The molecule has 1 aliphatic heterocycles. The summed E-state index contributed by atoms with van der Waals surface area (Å²) in [5.41, 5.74) is 1.37. The summed E-state index contributed by atoms with van der Waals surface area (Å²) in [5.74, 6) is 0.670. The standard InChI is InChI=1S/C20H17IN2O5S/c1-2-26-18(24)7-8-23-14-9-15-16(28-11-27-15)10-17(14)29-20(23)22-19(25)12-5-3-4-6-13(12)21/h3-6,9-10H,2,7-8,11H2,1H3. The molecular weight excluding hydrogens is 507 g/mol.